The van der Waals surface area contributed by atoms with Crippen molar-refractivity contribution in [3.63, 3.8) is 0 Å². The van der Waals surface area contributed by atoms with Crippen LogP contribution in [0.1, 0.15) is 12.8 Å². The topological polar surface area (TPSA) is 0 Å². The molecule has 0 atom stereocenters. The van der Waals surface area contributed by atoms with Gasteiger partial charge < -0.3 is 0 Å². The van der Waals surface area contributed by atoms with Gasteiger partial charge in [0.15, 0.2) is 0 Å². The number of allylic oxidation sites excluding steroid dienone is 1. The van der Waals surface area contributed by atoms with E-state index >= 15 is 0 Å². The van der Waals surface area contributed by atoms with Crippen LogP contribution in [0.25, 0.3) is 0 Å². The Morgan fingerprint density at radius 2 is 2.00 bits per heavy atom. The van der Waals surface area contributed by atoms with Crippen molar-refractivity contribution in [2.75, 3.05) is 0 Å². The molecule has 0 aromatic carbocycles. The Labute approximate surface area is 64.4 Å². The minimum atomic E-state index is -0.261. The lowest BCUT2D eigenvalue weighted by molar-refractivity contribution is 0.926. The molecule has 0 fully saturated rings. The lowest BCUT2D eigenvalue weighted by atomic mass is 10.3. The van der Waals surface area contributed by atoms with Gasteiger partial charge in [-0.3, -0.25) is 0 Å². The molecular formula is C5H7Cl3. The van der Waals surface area contributed by atoms with Gasteiger partial charge in [0.2, 0.25) is 0 Å². The van der Waals surface area contributed by atoms with Crippen LogP contribution in [0, 0.1) is 0 Å². The second-order valence-electron chi connectivity index (χ2n) is 1.33. The van der Waals surface area contributed by atoms with Crippen molar-refractivity contribution >= 4 is 34.8 Å². The van der Waals surface area contributed by atoms with Crippen LogP contribution >= 0.6 is 34.8 Å². The fraction of sp³-hybridized carbons (Fsp3) is 0.600. The van der Waals surface area contributed by atoms with Crippen LogP contribution in [-0.2, 0) is 0 Å². The normalized spacial score (nSPS) is 11.5. The van der Waals surface area contributed by atoms with Gasteiger partial charge in [0.05, 0.1) is 0 Å². The Morgan fingerprint density at radius 3 is 2.38 bits per heavy atom. The van der Waals surface area contributed by atoms with Crippen molar-refractivity contribution in [2.45, 2.75) is 17.7 Å². The van der Waals surface area contributed by atoms with Crippen LogP contribution in [0.5, 0.6) is 0 Å². The van der Waals surface area contributed by atoms with E-state index in [1.165, 1.54) is 5.54 Å². The van der Waals surface area contributed by atoms with E-state index in [9.17, 15) is 0 Å². The molecule has 0 rings (SSSR count). The summed E-state index contributed by atoms with van der Waals surface area (Å²) >= 11 is 16.0. The number of rotatable bonds is 3. The van der Waals surface area contributed by atoms with Crippen LogP contribution in [0.3, 0.4) is 0 Å². The van der Waals surface area contributed by atoms with Gasteiger partial charge >= 0.3 is 0 Å². The van der Waals surface area contributed by atoms with Crippen LogP contribution in [0.4, 0.5) is 0 Å². The molecule has 0 unspecified atom stereocenters. The third-order valence-corrected chi connectivity index (χ3v) is 1.26. The van der Waals surface area contributed by atoms with E-state index in [2.05, 4.69) is 0 Å². The highest BCUT2D eigenvalue weighted by atomic mass is 35.5. The molecule has 0 radical (unpaired) electrons. The molecule has 0 aliphatic rings. The summed E-state index contributed by atoms with van der Waals surface area (Å²) in [6.45, 7) is 0. The van der Waals surface area contributed by atoms with Crippen molar-refractivity contribution in [3.8, 4) is 0 Å². The Morgan fingerprint density at radius 1 is 1.38 bits per heavy atom. The van der Waals surface area contributed by atoms with Crippen molar-refractivity contribution in [1.29, 1.82) is 0 Å². The predicted molar refractivity (Wildman–Crippen MR) is 39.7 cm³/mol. The molecule has 0 heterocycles. The zero-order valence-electron chi connectivity index (χ0n) is 4.28. The molecule has 0 N–H and O–H groups in total. The second kappa shape index (κ2) is 5.74. The van der Waals surface area contributed by atoms with Crippen LogP contribution in [-0.4, -0.2) is 4.84 Å². The Balaban J connectivity index is 2.93. The van der Waals surface area contributed by atoms with Crippen molar-refractivity contribution in [1.82, 2.24) is 0 Å². The standard InChI is InChI=1S/C5H7Cl3/c6-4-2-1-3-5(7)8/h2,4-5H,1,3H2. The van der Waals surface area contributed by atoms with E-state index in [1.807, 2.05) is 6.08 Å². The smallest absolute Gasteiger partial charge is 0.105 e. The molecule has 0 aromatic rings. The van der Waals surface area contributed by atoms with Crippen LogP contribution < -0.4 is 0 Å². The van der Waals surface area contributed by atoms with E-state index in [-0.39, 0.29) is 4.84 Å². The lowest BCUT2D eigenvalue weighted by Crippen LogP contribution is -1.82. The lowest BCUT2D eigenvalue weighted by Gasteiger charge is -1.92. The Bertz CT molecular complexity index is 68.1. The molecular weight excluding hydrogens is 166 g/mol. The fourth-order valence-corrected chi connectivity index (χ4v) is 0.663. The van der Waals surface area contributed by atoms with Gasteiger partial charge in [0.1, 0.15) is 4.84 Å². The van der Waals surface area contributed by atoms with Gasteiger partial charge in [-0.2, -0.15) is 0 Å². The number of halogens is 3. The average Bonchev–Trinajstić information content (AvgIpc) is 1.66. The molecule has 0 aliphatic heterocycles. The van der Waals surface area contributed by atoms with E-state index in [0.717, 1.165) is 12.8 Å². The van der Waals surface area contributed by atoms with E-state index in [0.29, 0.717) is 0 Å². The van der Waals surface area contributed by atoms with Gasteiger partial charge in [0, 0.05) is 5.54 Å². The maximum Gasteiger partial charge on any atom is 0.108 e. The molecule has 0 aromatic heterocycles. The van der Waals surface area contributed by atoms with E-state index in [4.69, 9.17) is 34.8 Å². The highest BCUT2D eigenvalue weighted by molar-refractivity contribution is 6.44. The van der Waals surface area contributed by atoms with Gasteiger partial charge in [-0.15, -0.1) is 23.2 Å². The summed E-state index contributed by atoms with van der Waals surface area (Å²) in [5, 5.41) is 0. The summed E-state index contributed by atoms with van der Waals surface area (Å²) in [5.41, 5.74) is 1.47. The summed E-state index contributed by atoms with van der Waals surface area (Å²) in [7, 11) is 0. The maximum atomic E-state index is 5.40. The summed E-state index contributed by atoms with van der Waals surface area (Å²) < 4.78 is 0. The average molecular weight is 173 g/mol. The summed E-state index contributed by atoms with van der Waals surface area (Å²) in [6, 6.07) is 0. The molecule has 0 amide bonds. The first-order valence-corrected chi connectivity index (χ1v) is 3.61. The molecule has 0 aliphatic carbocycles. The monoisotopic (exact) mass is 172 g/mol. The Kier molecular flexibility index (Phi) is 6.18. The first kappa shape index (κ1) is 8.61. The van der Waals surface area contributed by atoms with E-state index < -0.39 is 0 Å². The summed E-state index contributed by atoms with van der Waals surface area (Å²) in [4.78, 5) is -0.261. The maximum absolute atomic E-state index is 5.40. The number of hydrogen-bond donors (Lipinski definition) is 0. The second-order valence-corrected chi connectivity index (χ2v) is 2.86. The van der Waals surface area contributed by atoms with Crippen LogP contribution in [0.2, 0.25) is 0 Å². The summed E-state index contributed by atoms with van der Waals surface area (Å²) in [5.74, 6) is 0. The first-order chi connectivity index (χ1) is 3.77. The summed E-state index contributed by atoms with van der Waals surface area (Å²) in [6.07, 6.45) is 3.44. The highest BCUT2D eigenvalue weighted by Crippen LogP contribution is 2.09. The van der Waals surface area contributed by atoms with Crippen molar-refractivity contribution < 1.29 is 0 Å². The number of alkyl halides is 2. The molecule has 8 heavy (non-hydrogen) atoms. The van der Waals surface area contributed by atoms with E-state index in [1.54, 1.807) is 0 Å². The molecule has 3 heteroatoms. The molecule has 0 saturated carbocycles. The molecule has 0 nitrogen and oxygen atoms in total. The van der Waals surface area contributed by atoms with Gasteiger partial charge in [0.25, 0.3) is 0 Å². The highest BCUT2D eigenvalue weighted by Gasteiger charge is 1.93. The SMILES string of the molecule is ClC=CCCC(Cl)Cl. The molecule has 0 spiro atoms. The fourth-order valence-electron chi connectivity index (χ4n) is 0.285. The van der Waals surface area contributed by atoms with Crippen LogP contribution in [0.15, 0.2) is 11.6 Å². The molecule has 0 saturated heterocycles. The molecule has 48 valence electrons. The minimum Gasteiger partial charge on any atom is -0.105 e. The first-order valence-electron chi connectivity index (χ1n) is 2.30. The quantitative estimate of drug-likeness (QED) is 0.575. The van der Waals surface area contributed by atoms with Gasteiger partial charge in [-0.1, -0.05) is 17.7 Å². The minimum absolute atomic E-state index is 0.261. The third-order valence-electron chi connectivity index (χ3n) is 0.641. The zero-order valence-corrected chi connectivity index (χ0v) is 6.55. The third kappa shape index (κ3) is 6.61. The molecule has 0 bridgehead atoms. The predicted octanol–water partition coefficient (Wildman–Crippen LogP) is 3.32. The van der Waals surface area contributed by atoms with Gasteiger partial charge in [-0.25, -0.2) is 0 Å². The Hall–Kier alpha value is 0.610. The van der Waals surface area contributed by atoms with Gasteiger partial charge in [-0.05, 0) is 12.8 Å². The number of hydrogen-bond acceptors (Lipinski definition) is 0. The van der Waals surface area contributed by atoms with Crippen molar-refractivity contribution in [2.24, 2.45) is 0 Å². The zero-order chi connectivity index (χ0) is 6.41. The van der Waals surface area contributed by atoms with Crippen molar-refractivity contribution in [3.05, 3.63) is 11.6 Å². The largest absolute Gasteiger partial charge is 0.108 e.